The average molecular weight is 188 g/mol. The molecule has 1 rings (SSSR count). The maximum Gasteiger partial charge on any atom is 0.294 e. The van der Waals surface area contributed by atoms with Crippen LogP contribution in [0, 0.1) is 15.5 Å². The third-order valence-corrected chi connectivity index (χ3v) is 1.76. The van der Waals surface area contributed by atoms with Crippen molar-refractivity contribution < 1.29 is 14.7 Å². The van der Waals surface area contributed by atoms with Crippen LogP contribution in [0.5, 0.6) is 0 Å². The molecule has 0 unspecified atom stereocenters. The van der Waals surface area contributed by atoms with Crippen LogP contribution in [0.1, 0.15) is 0 Å². The van der Waals surface area contributed by atoms with Crippen molar-refractivity contribution in [2.75, 3.05) is 26.4 Å². The zero-order valence-corrected chi connectivity index (χ0v) is 6.75. The van der Waals surface area contributed by atoms with E-state index in [4.69, 9.17) is 10.3 Å². The van der Waals surface area contributed by atoms with Crippen LogP contribution in [0.2, 0.25) is 0 Å². The summed E-state index contributed by atoms with van der Waals surface area (Å²) in [6.45, 7) is 0.746. The van der Waals surface area contributed by atoms with Crippen molar-refractivity contribution in [3.8, 4) is 0 Å². The van der Waals surface area contributed by atoms with E-state index in [1.807, 2.05) is 0 Å². The standard InChI is InChI=1S/C5H8N4O4/c6-8-7-1-5(2-12-3-5)4-13-9(10)11/h1-4H2. The topological polar surface area (TPSA) is 110 Å². The number of ether oxygens (including phenoxy) is 1. The van der Waals surface area contributed by atoms with E-state index in [0.717, 1.165) is 0 Å². The van der Waals surface area contributed by atoms with Crippen LogP contribution in [0.15, 0.2) is 5.11 Å². The van der Waals surface area contributed by atoms with E-state index < -0.39 is 10.5 Å². The highest BCUT2D eigenvalue weighted by Gasteiger charge is 2.39. The summed E-state index contributed by atoms with van der Waals surface area (Å²) in [7, 11) is 0. The second kappa shape index (κ2) is 3.92. The first kappa shape index (κ1) is 9.56. The minimum absolute atomic E-state index is 0.0843. The third kappa shape index (κ3) is 2.46. The molecule has 0 N–H and O–H groups in total. The van der Waals surface area contributed by atoms with E-state index in [0.29, 0.717) is 13.2 Å². The molecule has 0 aromatic rings. The quantitative estimate of drug-likeness (QED) is 0.206. The van der Waals surface area contributed by atoms with Crippen LogP contribution in [0.25, 0.3) is 10.4 Å². The molecule has 0 aromatic heterocycles. The molecule has 1 aliphatic rings. The molecule has 0 radical (unpaired) electrons. The number of rotatable bonds is 5. The summed E-state index contributed by atoms with van der Waals surface area (Å²) in [5.74, 6) is 0. The van der Waals surface area contributed by atoms with Gasteiger partial charge < -0.3 is 9.57 Å². The Bertz CT molecular complexity index is 245. The molecule has 0 aliphatic carbocycles. The first-order valence-electron chi connectivity index (χ1n) is 3.54. The van der Waals surface area contributed by atoms with Gasteiger partial charge in [-0.2, -0.15) is 0 Å². The fourth-order valence-corrected chi connectivity index (χ4v) is 0.982. The highest BCUT2D eigenvalue weighted by Crippen LogP contribution is 2.28. The molecule has 1 heterocycles. The lowest BCUT2D eigenvalue weighted by molar-refractivity contribution is -0.761. The highest BCUT2D eigenvalue weighted by molar-refractivity contribution is 4.87. The van der Waals surface area contributed by atoms with Gasteiger partial charge >= 0.3 is 0 Å². The summed E-state index contributed by atoms with van der Waals surface area (Å²) in [6, 6.07) is 0. The van der Waals surface area contributed by atoms with Crippen LogP contribution in [0.4, 0.5) is 0 Å². The molecule has 13 heavy (non-hydrogen) atoms. The maximum atomic E-state index is 9.90. The Hall–Kier alpha value is -1.53. The summed E-state index contributed by atoms with van der Waals surface area (Å²) in [5.41, 5.74) is 7.57. The van der Waals surface area contributed by atoms with E-state index >= 15 is 0 Å². The van der Waals surface area contributed by atoms with Crippen molar-refractivity contribution in [1.29, 1.82) is 0 Å². The van der Waals surface area contributed by atoms with E-state index in [-0.39, 0.29) is 13.2 Å². The summed E-state index contributed by atoms with van der Waals surface area (Å²) in [5, 5.41) is 12.4. The molecule has 0 spiro atoms. The molecule has 72 valence electrons. The van der Waals surface area contributed by atoms with Gasteiger partial charge in [0.25, 0.3) is 5.09 Å². The smallest absolute Gasteiger partial charge is 0.294 e. The second-order valence-electron chi connectivity index (χ2n) is 2.88. The first-order chi connectivity index (χ1) is 6.18. The lowest BCUT2D eigenvalue weighted by Gasteiger charge is -2.39. The van der Waals surface area contributed by atoms with Crippen molar-refractivity contribution in [2.24, 2.45) is 10.5 Å². The number of nitrogens with zero attached hydrogens (tertiary/aromatic N) is 4. The van der Waals surface area contributed by atoms with Crippen molar-refractivity contribution >= 4 is 0 Å². The summed E-state index contributed by atoms with van der Waals surface area (Å²) in [4.78, 5) is 16.7. The van der Waals surface area contributed by atoms with Gasteiger partial charge in [0, 0.05) is 16.9 Å². The molecule has 0 saturated carbocycles. The highest BCUT2D eigenvalue weighted by atomic mass is 16.9. The van der Waals surface area contributed by atoms with Crippen LogP contribution < -0.4 is 0 Å². The molecule has 8 nitrogen and oxygen atoms in total. The van der Waals surface area contributed by atoms with E-state index in [2.05, 4.69) is 14.9 Å². The van der Waals surface area contributed by atoms with Gasteiger partial charge in [-0.05, 0) is 5.53 Å². The summed E-state index contributed by atoms with van der Waals surface area (Å²) >= 11 is 0. The Kier molecular flexibility index (Phi) is 2.88. The van der Waals surface area contributed by atoms with Crippen LogP contribution in [0.3, 0.4) is 0 Å². The Labute approximate surface area is 73.2 Å². The molecule has 0 aromatic carbocycles. The fourth-order valence-electron chi connectivity index (χ4n) is 0.982. The normalized spacial score (nSPS) is 18.2. The summed E-state index contributed by atoms with van der Waals surface area (Å²) < 4.78 is 4.88. The molecule has 1 aliphatic heterocycles. The monoisotopic (exact) mass is 188 g/mol. The van der Waals surface area contributed by atoms with E-state index in [1.165, 1.54) is 0 Å². The third-order valence-electron chi connectivity index (χ3n) is 1.76. The van der Waals surface area contributed by atoms with Gasteiger partial charge in [-0.15, -0.1) is 10.1 Å². The minimum atomic E-state index is -0.865. The zero-order chi connectivity index (χ0) is 9.73. The molecular formula is C5H8N4O4. The van der Waals surface area contributed by atoms with Crippen molar-refractivity contribution in [2.45, 2.75) is 0 Å². The van der Waals surface area contributed by atoms with Gasteiger partial charge in [-0.25, -0.2) is 0 Å². The Morgan fingerprint density at radius 2 is 2.46 bits per heavy atom. The average Bonchev–Trinajstić information content (AvgIpc) is 2.02. The molecular weight excluding hydrogens is 180 g/mol. The van der Waals surface area contributed by atoms with Gasteiger partial charge in [-0.3, -0.25) is 0 Å². The van der Waals surface area contributed by atoms with Gasteiger partial charge in [0.05, 0.1) is 13.2 Å². The Balaban J connectivity index is 2.39. The number of hydrogen-bond donors (Lipinski definition) is 0. The molecule has 8 heteroatoms. The van der Waals surface area contributed by atoms with Crippen molar-refractivity contribution in [1.82, 2.24) is 0 Å². The SMILES string of the molecule is [N-]=[N+]=NCC1(CO[N+](=O)[O-])COC1. The molecule has 0 bridgehead atoms. The molecule has 0 atom stereocenters. The van der Waals surface area contributed by atoms with Crippen LogP contribution >= 0.6 is 0 Å². The fraction of sp³-hybridized carbons (Fsp3) is 1.00. The van der Waals surface area contributed by atoms with Crippen molar-refractivity contribution in [3.05, 3.63) is 20.6 Å². The zero-order valence-electron chi connectivity index (χ0n) is 6.75. The van der Waals surface area contributed by atoms with Gasteiger partial charge in [0.1, 0.15) is 6.61 Å². The number of hydrogen-bond acceptors (Lipinski definition) is 5. The van der Waals surface area contributed by atoms with E-state index in [1.54, 1.807) is 0 Å². The lowest BCUT2D eigenvalue weighted by Crippen LogP contribution is -2.49. The summed E-state index contributed by atoms with van der Waals surface area (Å²) in [6.07, 6.45) is 0. The van der Waals surface area contributed by atoms with Crippen LogP contribution in [-0.2, 0) is 9.57 Å². The predicted molar refractivity (Wildman–Crippen MR) is 40.2 cm³/mol. The van der Waals surface area contributed by atoms with Crippen molar-refractivity contribution in [3.63, 3.8) is 0 Å². The largest absolute Gasteiger partial charge is 0.380 e. The molecule has 1 fully saturated rings. The molecule has 0 amide bonds. The Morgan fingerprint density at radius 3 is 2.85 bits per heavy atom. The van der Waals surface area contributed by atoms with Crippen LogP contribution in [-0.4, -0.2) is 31.5 Å². The molecule has 1 saturated heterocycles. The van der Waals surface area contributed by atoms with Gasteiger partial charge in [0.2, 0.25) is 0 Å². The lowest BCUT2D eigenvalue weighted by atomic mass is 9.87. The Morgan fingerprint density at radius 1 is 1.77 bits per heavy atom. The maximum absolute atomic E-state index is 9.90. The van der Waals surface area contributed by atoms with Gasteiger partial charge in [0.15, 0.2) is 0 Å². The van der Waals surface area contributed by atoms with E-state index in [9.17, 15) is 10.1 Å². The first-order valence-corrected chi connectivity index (χ1v) is 3.54. The second-order valence-corrected chi connectivity index (χ2v) is 2.88. The van der Waals surface area contributed by atoms with Gasteiger partial charge in [-0.1, -0.05) is 5.11 Å². The predicted octanol–water partition coefficient (Wildman–Crippen LogP) is 0.522. The number of azide groups is 1. The minimum Gasteiger partial charge on any atom is -0.380 e.